The third kappa shape index (κ3) is 4.28. The Morgan fingerprint density at radius 3 is 2.52 bits per heavy atom. The predicted molar refractivity (Wildman–Crippen MR) is 84.1 cm³/mol. The minimum Gasteiger partial charge on any atom is -0.497 e. The Morgan fingerprint density at radius 2 is 1.90 bits per heavy atom. The summed E-state index contributed by atoms with van der Waals surface area (Å²) < 4.78 is 32.1. The van der Waals surface area contributed by atoms with Crippen LogP contribution in [0.3, 0.4) is 0 Å². The number of methoxy groups -OCH3 is 1. The van der Waals surface area contributed by atoms with Gasteiger partial charge in [-0.25, -0.2) is 13.1 Å². The molecule has 7 heteroatoms. The largest absolute Gasteiger partial charge is 0.497 e. The van der Waals surface area contributed by atoms with E-state index in [1.807, 2.05) is 19.2 Å². The first kappa shape index (κ1) is 16.0. The number of ether oxygens (including phenoxy) is 1. The molecular weight excluding hydrogens is 308 g/mol. The van der Waals surface area contributed by atoms with E-state index in [2.05, 4.69) is 10.0 Å². The SMILES string of the molecule is CNCc1cc(S(=O)(=O)NCc2ccc(OC)cc2)cs1. The van der Waals surface area contributed by atoms with E-state index < -0.39 is 10.0 Å². The number of nitrogens with one attached hydrogen (secondary N) is 2. The zero-order valence-corrected chi connectivity index (χ0v) is 13.6. The molecule has 2 rings (SSSR count). The maximum Gasteiger partial charge on any atom is 0.241 e. The van der Waals surface area contributed by atoms with E-state index in [4.69, 9.17) is 4.74 Å². The third-order valence-corrected chi connectivity index (χ3v) is 5.38. The summed E-state index contributed by atoms with van der Waals surface area (Å²) in [5, 5.41) is 4.66. The highest BCUT2D eigenvalue weighted by atomic mass is 32.2. The Morgan fingerprint density at radius 1 is 1.19 bits per heavy atom. The van der Waals surface area contributed by atoms with Gasteiger partial charge in [-0.15, -0.1) is 11.3 Å². The topological polar surface area (TPSA) is 67.4 Å². The molecule has 1 aromatic heterocycles. The average molecular weight is 326 g/mol. The molecule has 0 radical (unpaired) electrons. The second-order valence-corrected chi connectivity index (χ2v) is 7.21. The summed E-state index contributed by atoms with van der Waals surface area (Å²) in [7, 11) is -0.0468. The van der Waals surface area contributed by atoms with E-state index in [9.17, 15) is 8.42 Å². The first-order valence-corrected chi connectivity index (χ1v) is 8.76. The highest BCUT2D eigenvalue weighted by Gasteiger charge is 2.15. The molecule has 0 aliphatic carbocycles. The van der Waals surface area contributed by atoms with Gasteiger partial charge >= 0.3 is 0 Å². The number of thiophene rings is 1. The molecular formula is C14H18N2O3S2. The van der Waals surface area contributed by atoms with Crippen molar-refractivity contribution in [2.75, 3.05) is 14.2 Å². The Bertz CT molecular complexity index is 678. The molecule has 0 bridgehead atoms. The first-order chi connectivity index (χ1) is 10.0. The maximum absolute atomic E-state index is 12.2. The van der Waals surface area contributed by atoms with Crippen LogP contribution in [0.15, 0.2) is 40.6 Å². The van der Waals surface area contributed by atoms with E-state index in [1.165, 1.54) is 11.3 Å². The van der Waals surface area contributed by atoms with Crippen molar-refractivity contribution in [1.82, 2.24) is 10.0 Å². The number of sulfonamides is 1. The lowest BCUT2D eigenvalue weighted by molar-refractivity contribution is 0.414. The molecule has 0 aliphatic rings. The monoisotopic (exact) mass is 326 g/mol. The zero-order valence-electron chi connectivity index (χ0n) is 11.9. The Hall–Kier alpha value is -1.41. The van der Waals surface area contributed by atoms with Gasteiger partial charge < -0.3 is 10.1 Å². The van der Waals surface area contributed by atoms with Gasteiger partial charge in [-0.2, -0.15) is 0 Å². The van der Waals surface area contributed by atoms with Gasteiger partial charge in [-0.05, 0) is 30.8 Å². The van der Waals surface area contributed by atoms with E-state index in [0.717, 1.165) is 16.2 Å². The van der Waals surface area contributed by atoms with Crippen molar-refractivity contribution in [3.63, 3.8) is 0 Å². The van der Waals surface area contributed by atoms with Crippen LogP contribution in [0, 0.1) is 0 Å². The second kappa shape index (κ2) is 7.04. The summed E-state index contributed by atoms with van der Waals surface area (Å²) in [5.41, 5.74) is 0.880. The Labute approximate surface area is 129 Å². The summed E-state index contributed by atoms with van der Waals surface area (Å²) in [4.78, 5) is 1.30. The quantitative estimate of drug-likeness (QED) is 0.816. The van der Waals surface area contributed by atoms with Gasteiger partial charge in [0.2, 0.25) is 10.0 Å². The highest BCUT2D eigenvalue weighted by Crippen LogP contribution is 2.19. The smallest absolute Gasteiger partial charge is 0.241 e. The molecule has 0 fully saturated rings. The van der Waals surface area contributed by atoms with Crippen LogP contribution >= 0.6 is 11.3 Å². The van der Waals surface area contributed by atoms with Crippen molar-refractivity contribution in [3.8, 4) is 5.75 Å². The lowest BCUT2D eigenvalue weighted by atomic mass is 10.2. The van der Waals surface area contributed by atoms with Crippen LogP contribution in [0.25, 0.3) is 0 Å². The lowest BCUT2D eigenvalue weighted by Crippen LogP contribution is -2.22. The minimum absolute atomic E-state index is 0.254. The molecule has 0 atom stereocenters. The maximum atomic E-state index is 12.2. The Balaban J connectivity index is 2.02. The fourth-order valence-electron chi connectivity index (χ4n) is 1.77. The molecule has 114 valence electrons. The van der Waals surface area contributed by atoms with Gasteiger partial charge in [0, 0.05) is 23.3 Å². The van der Waals surface area contributed by atoms with Crippen LogP contribution in [-0.2, 0) is 23.1 Å². The van der Waals surface area contributed by atoms with Crippen molar-refractivity contribution >= 4 is 21.4 Å². The molecule has 0 amide bonds. The number of benzene rings is 1. The number of hydrogen-bond acceptors (Lipinski definition) is 5. The van der Waals surface area contributed by atoms with Crippen LogP contribution in [0.1, 0.15) is 10.4 Å². The molecule has 2 aromatic rings. The number of rotatable bonds is 7. The summed E-state index contributed by atoms with van der Waals surface area (Å²) in [6.45, 7) is 0.919. The van der Waals surface area contributed by atoms with Crippen molar-refractivity contribution < 1.29 is 13.2 Å². The van der Waals surface area contributed by atoms with Crippen LogP contribution in [-0.4, -0.2) is 22.6 Å². The van der Waals surface area contributed by atoms with Crippen LogP contribution in [0.4, 0.5) is 0 Å². The van der Waals surface area contributed by atoms with E-state index >= 15 is 0 Å². The minimum atomic E-state index is -3.47. The van der Waals surface area contributed by atoms with Crippen LogP contribution < -0.4 is 14.8 Å². The molecule has 0 spiro atoms. The molecule has 0 aliphatic heterocycles. The fourth-order valence-corrected chi connectivity index (χ4v) is 4.08. The molecule has 21 heavy (non-hydrogen) atoms. The Kier molecular flexibility index (Phi) is 5.35. The van der Waals surface area contributed by atoms with Gasteiger partial charge in [0.05, 0.1) is 12.0 Å². The van der Waals surface area contributed by atoms with Gasteiger partial charge in [0.1, 0.15) is 5.75 Å². The van der Waals surface area contributed by atoms with Crippen LogP contribution in [0.2, 0.25) is 0 Å². The second-order valence-electron chi connectivity index (χ2n) is 4.45. The van der Waals surface area contributed by atoms with E-state index in [-0.39, 0.29) is 6.54 Å². The molecule has 0 unspecified atom stereocenters. The molecule has 0 saturated carbocycles. The van der Waals surface area contributed by atoms with Gasteiger partial charge in [0.15, 0.2) is 0 Å². The summed E-state index contributed by atoms with van der Waals surface area (Å²) in [5.74, 6) is 0.746. The van der Waals surface area contributed by atoms with Crippen LogP contribution in [0.5, 0.6) is 5.75 Å². The highest BCUT2D eigenvalue weighted by molar-refractivity contribution is 7.89. The molecule has 1 aromatic carbocycles. The van der Waals surface area contributed by atoms with E-state index in [0.29, 0.717) is 11.4 Å². The summed E-state index contributed by atoms with van der Waals surface area (Å²) in [6.07, 6.45) is 0. The summed E-state index contributed by atoms with van der Waals surface area (Å²) in [6, 6.07) is 8.97. The van der Waals surface area contributed by atoms with Crippen molar-refractivity contribution in [2.45, 2.75) is 18.0 Å². The van der Waals surface area contributed by atoms with Gasteiger partial charge in [-0.1, -0.05) is 12.1 Å². The van der Waals surface area contributed by atoms with Gasteiger partial charge in [-0.3, -0.25) is 0 Å². The third-order valence-electron chi connectivity index (χ3n) is 2.92. The molecule has 5 nitrogen and oxygen atoms in total. The lowest BCUT2D eigenvalue weighted by Gasteiger charge is -2.06. The summed E-state index contributed by atoms with van der Waals surface area (Å²) >= 11 is 1.43. The van der Waals surface area contributed by atoms with Crippen molar-refractivity contribution in [3.05, 3.63) is 46.2 Å². The molecule has 2 N–H and O–H groups in total. The normalized spacial score (nSPS) is 11.5. The van der Waals surface area contributed by atoms with Gasteiger partial charge in [0.25, 0.3) is 0 Å². The molecule has 0 saturated heterocycles. The zero-order chi connectivity index (χ0) is 15.3. The van der Waals surface area contributed by atoms with Crippen molar-refractivity contribution in [1.29, 1.82) is 0 Å². The number of hydrogen-bond donors (Lipinski definition) is 2. The predicted octanol–water partition coefficient (Wildman–Crippen LogP) is 1.95. The van der Waals surface area contributed by atoms with Crippen molar-refractivity contribution in [2.24, 2.45) is 0 Å². The molecule has 1 heterocycles. The average Bonchev–Trinajstić information content (AvgIpc) is 2.96. The standard InChI is InChI=1S/C14H18N2O3S2/c1-15-9-13-7-14(10-20-13)21(17,18)16-8-11-3-5-12(19-2)6-4-11/h3-7,10,15-16H,8-9H2,1-2H3. The first-order valence-electron chi connectivity index (χ1n) is 6.40. The fraction of sp³-hybridized carbons (Fsp3) is 0.286. The van der Waals surface area contributed by atoms with E-state index in [1.54, 1.807) is 30.7 Å².